The Morgan fingerprint density at radius 3 is 2.81 bits per heavy atom. The summed E-state index contributed by atoms with van der Waals surface area (Å²) in [6, 6.07) is 2.70. The summed E-state index contributed by atoms with van der Waals surface area (Å²) >= 11 is 0. The van der Waals surface area contributed by atoms with Gasteiger partial charge in [0.05, 0.1) is 11.1 Å². The Balaban J connectivity index is 2.24. The Labute approximate surface area is 119 Å². The van der Waals surface area contributed by atoms with Gasteiger partial charge >= 0.3 is 0 Å². The van der Waals surface area contributed by atoms with Crippen molar-refractivity contribution in [3.8, 4) is 5.75 Å². The molecular formula is C13H13N3O5. The predicted octanol–water partition coefficient (Wildman–Crippen LogP) is 2.09. The SMILES string of the molecule is Cc1cnc(C(C)NC(=O)c2cc(O)ccc2[N+](=O)[O-])o1. The van der Waals surface area contributed by atoms with Crippen LogP contribution in [0, 0.1) is 17.0 Å². The molecule has 110 valence electrons. The number of nitro groups is 1. The number of hydrogen-bond acceptors (Lipinski definition) is 6. The number of rotatable bonds is 4. The number of hydrogen-bond donors (Lipinski definition) is 2. The first kappa shape index (κ1) is 14.5. The van der Waals surface area contributed by atoms with Gasteiger partial charge in [0.1, 0.15) is 23.1 Å². The summed E-state index contributed by atoms with van der Waals surface area (Å²) in [7, 11) is 0. The van der Waals surface area contributed by atoms with Crippen LogP contribution >= 0.6 is 0 Å². The molecule has 0 bridgehead atoms. The summed E-state index contributed by atoms with van der Waals surface area (Å²) in [5, 5.41) is 22.8. The maximum atomic E-state index is 12.1. The van der Waals surface area contributed by atoms with Crippen molar-refractivity contribution in [3.63, 3.8) is 0 Å². The molecule has 2 rings (SSSR count). The van der Waals surface area contributed by atoms with Crippen molar-refractivity contribution < 1.29 is 19.2 Å². The van der Waals surface area contributed by atoms with Crippen LogP contribution in [0.2, 0.25) is 0 Å². The van der Waals surface area contributed by atoms with Gasteiger partial charge in [0, 0.05) is 6.07 Å². The van der Waals surface area contributed by atoms with Gasteiger partial charge in [-0.15, -0.1) is 0 Å². The molecule has 0 aliphatic carbocycles. The highest BCUT2D eigenvalue weighted by Gasteiger charge is 2.23. The Morgan fingerprint density at radius 1 is 1.52 bits per heavy atom. The Bertz CT molecular complexity index is 695. The molecule has 8 heteroatoms. The number of nitro benzene ring substituents is 1. The van der Waals surface area contributed by atoms with Crippen LogP contribution in [0.3, 0.4) is 0 Å². The third kappa shape index (κ3) is 3.16. The summed E-state index contributed by atoms with van der Waals surface area (Å²) in [5.74, 6) is -0.0376. The molecular weight excluding hydrogens is 278 g/mol. The fourth-order valence-corrected chi connectivity index (χ4v) is 1.77. The molecule has 0 saturated carbocycles. The van der Waals surface area contributed by atoms with Crippen molar-refractivity contribution in [2.45, 2.75) is 19.9 Å². The second-order valence-corrected chi connectivity index (χ2v) is 4.46. The first-order valence-electron chi connectivity index (χ1n) is 6.09. The lowest BCUT2D eigenvalue weighted by Crippen LogP contribution is -2.27. The molecule has 0 fully saturated rings. The van der Waals surface area contributed by atoms with E-state index in [0.717, 1.165) is 18.2 Å². The number of aryl methyl sites for hydroxylation is 1. The van der Waals surface area contributed by atoms with Gasteiger partial charge in [-0.2, -0.15) is 0 Å². The lowest BCUT2D eigenvalue weighted by molar-refractivity contribution is -0.385. The summed E-state index contributed by atoms with van der Waals surface area (Å²) < 4.78 is 5.27. The molecule has 2 aromatic rings. The number of nitrogens with zero attached hydrogens (tertiary/aromatic N) is 2. The van der Waals surface area contributed by atoms with Crippen LogP contribution in [0.5, 0.6) is 5.75 Å². The highest BCUT2D eigenvalue weighted by molar-refractivity contribution is 5.98. The summed E-state index contributed by atoms with van der Waals surface area (Å²) in [4.78, 5) is 26.3. The molecule has 1 unspecified atom stereocenters. The topological polar surface area (TPSA) is 119 Å². The predicted molar refractivity (Wildman–Crippen MR) is 71.9 cm³/mol. The first-order valence-corrected chi connectivity index (χ1v) is 6.09. The lowest BCUT2D eigenvalue weighted by atomic mass is 10.1. The summed E-state index contributed by atoms with van der Waals surface area (Å²) in [6.07, 6.45) is 1.51. The number of phenolic OH excluding ortho intramolecular Hbond substituents is 1. The number of benzene rings is 1. The number of nitrogens with one attached hydrogen (secondary N) is 1. The van der Waals surface area contributed by atoms with Gasteiger partial charge in [-0.05, 0) is 26.0 Å². The lowest BCUT2D eigenvalue weighted by Gasteiger charge is -2.10. The van der Waals surface area contributed by atoms with Crippen molar-refractivity contribution in [1.29, 1.82) is 0 Å². The summed E-state index contributed by atoms with van der Waals surface area (Å²) in [6.45, 7) is 3.35. The van der Waals surface area contributed by atoms with Crippen LogP contribution < -0.4 is 5.32 Å². The Morgan fingerprint density at radius 2 is 2.24 bits per heavy atom. The molecule has 0 saturated heterocycles. The quantitative estimate of drug-likeness (QED) is 0.657. The number of phenols is 1. The van der Waals surface area contributed by atoms with Crippen molar-refractivity contribution in [2.24, 2.45) is 0 Å². The van der Waals surface area contributed by atoms with Crippen LogP contribution in [-0.2, 0) is 0 Å². The maximum Gasteiger partial charge on any atom is 0.282 e. The Kier molecular flexibility index (Phi) is 3.88. The summed E-state index contributed by atoms with van der Waals surface area (Å²) in [5.41, 5.74) is -0.615. The Hall–Kier alpha value is -2.90. The van der Waals surface area contributed by atoms with E-state index >= 15 is 0 Å². The minimum atomic E-state index is -0.694. The zero-order chi connectivity index (χ0) is 15.6. The van der Waals surface area contributed by atoms with E-state index in [1.165, 1.54) is 6.20 Å². The molecule has 8 nitrogen and oxygen atoms in total. The van der Waals surface area contributed by atoms with Gasteiger partial charge in [-0.25, -0.2) is 4.98 Å². The molecule has 1 amide bonds. The average Bonchev–Trinajstić information content (AvgIpc) is 2.85. The van der Waals surface area contributed by atoms with Gasteiger partial charge in [-0.1, -0.05) is 0 Å². The maximum absolute atomic E-state index is 12.1. The van der Waals surface area contributed by atoms with Crippen molar-refractivity contribution >= 4 is 11.6 Å². The zero-order valence-corrected chi connectivity index (χ0v) is 11.4. The number of aromatic hydroxyl groups is 1. The number of amides is 1. The standard InChI is InChI=1S/C13H13N3O5/c1-7-6-14-13(21-7)8(2)15-12(18)10-5-9(17)3-4-11(10)16(19)20/h3-6,8,17H,1-2H3,(H,15,18). The number of carbonyl (C=O) groups is 1. The van der Waals surface area contributed by atoms with E-state index in [-0.39, 0.29) is 17.0 Å². The normalized spacial score (nSPS) is 11.9. The van der Waals surface area contributed by atoms with Crippen LogP contribution in [0.1, 0.15) is 35.0 Å². The highest BCUT2D eigenvalue weighted by Crippen LogP contribution is 2.24. The van der Waals surface area contributed by atoms with Crippen molar-refractivity contribution in [1.82, 2.24) is 10.3 Å². The second kappa shape index (κ2) is 5.61. The van der Waals surface area contributed by atoms with Crippen LogP contribution in [0.15, 0.2) is 28.8 Å². The monoisotopic (exact) mass is 291 g/mol. The molecule has 21 heavy (non-hydrogen) atoms. The van der Waals surface area contributed by atoms with Crippen molar-refractivity contribution in [2.75, 3.05) is 0 Å². The van der Waals surface area contributed by atoms with E-state index in [9.17, 15) is 20.0 Å². The number of oxazole rings is 1. The number of aromatic nitrogens is 1. The fraction of sp³-hybridized carbons (Fsp3) is 0.231. The fourth-order valence-electron chi connectivity index (χ4n) is 1.77. The van der Waals surface area contributed by atoms with Crippen LogP contribution in [0.25, 0.3) is 0 Å². The van der Waals surface area contributed by atoms with Gasteiger partial charge in [0.15, 0.2) is 0 Å². The third-order valence-electron chi connectivity index (χ3n) is 2.78. The molecule has 1 heterocycles. The highest BCUT2D eigenvalue weighted by atomic mass is 16.6. The van der Waals surface area contributed by atoms with E-state index < -0.39 is 16.9 Å². The third-order valence-corrected chi connectivity index (χ3v) is 2.78. The minimum Gasteiger partial charge on any atom is -0.508 e. The van der Waals surface area contributed by atoms with Gasteiger partial charge in [0.2, 0.25) is 5.89 Å². The van der Waals surface area contributed by atoms with E-state index in [0.29, 0.717) is 11.7 Å². The van der Waals surface area contributed by atoms with Gasteiger partial charge < -0.3 is 14.8 Å². The van der Waals surface area contributed by atoms with Gasteiger partial charge in [-0.3, -0.25) is 14.9 Å². The molecule has 1 aromatic carbocycles. The molecule has 0 aliphatic heterocycles. The molecule has 0 radical (unpaired) electrons. The smallest absolute Gasteiger partial charge is 0.282 e. The molecule has 0 spiro atoms. The molecule has 1 aromatic heterocycles. The average molecular weight is 291 g/mol. The van der Waals surface area contributed by atoms with Crippen LogP contribution in [0.4, 0.5) is 5.69 Å². The molecule has 2 N–H and O–H groups in total. The van der Waals surface area contributed by atoms with E-state index in [2.05, 4.69) is 10.3 Å². The minimum absolute atomic E-state index is 0.227. The van der Waals surface area contributed by atoms with E-state index in [1.54, 1.807) is 13.8 Å². The van der Waals surface area contributed by atoms with E-state index in [4.69, 9.17) is 4.42 Å². The van der Waals surface area contributed by atoms with Gasteiger partial charge in [0.25, 0.3) is 11.6 Å². The largest absolute Gasteiger partial charge is 0.508 e. The van der Waals surface area contributed by atoms with E-state index in [1.807, 2.05) is 0 Å². The second-order valence-electron chi connectivity index (χ2n) is 4.46. The zero-order valence-electron chi connectivity index (χ0n) is 11.4. The molecule has 1 atom stereocenters. The molecule has 0 aliphatic rings. The van der Waals surface area contributed by atoms with Crippen molar-refractivity contribution in [3.05, 3.63) is 51.7 Å². The first-order chi connectivity index (χ1) is 9.88. The van der Waals surface area contributed by atoms with Crippen LogP contribution in [-0.4, -0.2) is 20.9 Å². The number of carbonyl (C=O) groups excluding carboxylic acids is 1.